The Morgan fingerprint density at radius 1 is 0.957 bits per heavy atom. The highest BCUT2D eigenvalue weighted by atomic mass is 35.5. The molecule has 1 heterocycles. The van der Waals surface area contributed by atoms with E-state index in [-0.39, 0.29) is 15.8 Å². The normalized spacial score (nSPS) is 14.7. The molecule has 0 atom stereocenters. The fourth-order valence-corrected chi connectivity index (χ4v) is 2.53. The molecule has 2 aromatic rings. The molecule has 0 unspecified atom stereocenters. The first-order valence-corrected chi connectivity index (χ1v) is 7.30. The Hall–Kier alpha value is -2.37. The van der Waals surface area contributed by atoms with Gasteiger partial charge in [0.25, 0.3) is 11.8 Å². The molecule has 2 amide bonds. The number of rotatable bonds is 3. The number of carbonyl (C=O) groups excluding carboxylic acids is 2. The molecule has 0 aromatic heterocycles. The van der Waals surface area contributed by atoms with E-state index in [1.54, 1.807) is 30.3 Å². The Kier molecular flexibility index (Phi) is 4.07. The number of para-hydroxylation sites is 1. The van der Waals surface area contributed by atoms with E-state index in [1.807, 2.05) is 0 Å². The maximum Gasteiger partial charge on any atom is 0.283 e. The SMILES string of the molecule is O=C1C(Cl)=C(Nc2ccc(F)c(Cl)c2)C(=O)N1c1ccccc1. The van der Waals surface area contributed by atoms with Gasteiger partial charge in [0, 0.05) is 5.69 Å². The molecule has 0 saturated carbocycles. The van der Waals surface area contributed by atoms with E-state index in [0.717, 1.165) is 11.0 Å². The number of halogens is 3. The van der Waals surface area contributed by atoms with Crippen LogP contribution >= 0.6 is 23.2 Å². The minimum atomic E-state index is -0.626. The van der Waals surface area contributed by atoms with Gasteiger partial charge in [-0.1, -0.05) is 41.4 Å². The van der Waals surface area contributed by atoms with Gasteiger partial charge in [-0.25, -0.2) is 9.29 Å². The molecule has 1 aliphatic heterocycles. The third-order valence-corrected chi connectivity index (χ3v) is 3.87. The van der Waals surface area contributed by atoms with Crippen LogP contribution in [0.25, 0.3) is 0 Å². The van der Waals surface area contributed by atoms with Gasteiger partial charge < -0.3 is 5.32 Å². The van der Waals surface area contributed by atoms with Crippen LogP contribution in [0.5, 0.6) is 0 Å². The first kappa shape index (κ1) is 15.5. The number of carbonyl (C=O) groups is 2. The molecular weight excluding hydrogens is 342 g/mol. The molecule has 1 N–H and O–H groups in total. The largest absolute Gasteiger partial charge is 0.350 e. The molecule has 0 fully saturated rings. The Morgan fingerprint density at radius 2 is 1.65 bits per heavy atom. The molecule has 7 heteroatoms. The standard InChI is InChI=1S/C16H9Cl2FN2O2/c17-11-8-9(6-7-12(11)19)20-14-13(18)15(22)21(16(14)23)10-4-2-1-3-5-10/h1-8,20H. The van der Waals surface area contributed by atoms with Gasteiger partial charge in [0.2, 0.25) is 0 Å². The number of hydrogen-bond acceptors (Lipinski definition) is 3. The molecule has 0 aliphatic carbocycles. The predicted octanol–water partition coefficient (Wildman–Crippen LogP) is 3.91. The topological polar surface area (TPSA) is 49.4 Å². The van der Waals surface area contributed by atoms with Crippen molar-refractivity contribution < 1.29 is 14.0 Å². The van der Waals surface area contributed by atoms with E-state index < -0.39 is 17.6 Å². The lowest BCUT2D eigenvalue weighted by Gasteiger charge is -2.14. The van der Waals surface area contributed by atoms with Gasteiger partial charge in [0.05, 0.1) is 10.7 Å². The van der Waals surface area contributed by atoms with Crippen molar-refractivity contribution in [3.63, 3.8) is 0 Å². The molecule has 2 aromatic carbocycles. The summed E-state index contributed by atoms with van der Waals surface area (Å²) < 4.78 is 13.2. The molecule has 0 bridgehead atoms. The van der Waals surface area contributed by atoms with Crippen molar-refractivity contribution in [1.82, 2.24) is 0 Å². The van der Waals surface area contributed by atoms with Crippen molar-refractivity contribution in [1.29, 1.82) is 0 Å². The van der Waals surface area contributed by atoms with Crippen LogP contribution < -0.4 is 10.2 Å². The number of imide groups is 1. The monoisotopic (exact) mass is 350 g/mol. The van der Waals surface area contributed by atoms with Crippen molar-refractivity contribution >= 4 is 46.4 Å². The zero-order valence-corrected chi connectivity index (χ0v) is 13.0. The number of benzene rings is 2. The summed E-state index contributed by atoms with van der Waals surface area (Å²) in [5.74, 6) is -1.80. The summed E-state index contributed by atoms with van der Waals surface area (Å²) in [6.45, 7) is 0. The molecule has 0 saturated heterocycles. The van der Waals surface area contributed by atoms with Gasteiger partial charge in [-0.05, 0) is 30.3 Å². The van der Waals surface area contributed by atoms with Crippen molar-refractivity contribution in [2.45, 2.75) is 0 Å². The maximum absolute atomic E-state index is 13.2. The molecule has 4 nitrogen and oxygen atoms in total. The lowest BCUT2D eigenvalue weighted by Crippen LogP contribution is -2.32. The van der Waals surface area contributed by atoms with Gasteiger partial charge in [-0.2, -0.15) is 0 Å². The second-order valence-corrected chi connectivity index (χ2v) is 5.51. The summed E-state index contributed by atoms with van der Waals surface area (Å²) in [6, 6.07) is 12.3. The first-order valence-electron chi connectivity index (χ1n) is 6.54. The number of nitrogens with one attached hydrogen (secondary N) is 1. The van der Waals surface area contributed by atoms with Gasteiger partial charge in [-0.3, -0.25) is 9.59 Å². The summed E-state index contributed by atoms with van der Waals surface area (Å²) in [5.41, 5.74) is 0.679. The number of amides is 2. The highest BCUT2D eigenvalue weighted by Gasteiger charge is 2.38. The van der Waals surface area contributed by atoms with Crippen LogP contribution in [-0.2, 0) is 9.59 Å². The van der Waals surface area contributed by atoms with Crippen LogP contribution in [0.3, 0.4) is 0 Å². The fraction of sp³-hybridized carbons (Fsp3) is 0. The molecule has 3 rings (SSSR count). The van der Waals surface area contributed by atoms with Crippen LogP contribution in [0, 0.1) is 5.82 Å². The van der Waals surface area contributed by atoms with E-state index in [0.29, 0.717) is 11.4 Å². The average Bonchev–Trinajstić information content (AvgIpc) is 2.75. The Morgan fingerprint density at radius 3 is 2.30 bits per heavy atom. The van der Waals surface area contributed by atoms with E-state index >= 15 is 0 Å². The average molecular weight is 351 g/mol. The Labute approximate surface area is 141 Å². The Bertz CT molecular complexity index is 837. The third-order valence-electron chi connectivity index (χ3n) is 3.23. The van der Waals surface area contributed by atoms with Crippen molar-refractivity contribution in [3.8, 4) is 0 Å². The Balaban J connectivity index is 1.92. The van der Waals surface area contributed by atoms with Crippen LogP contribution in [-0.4, -0.2) is 11.8 Å². The number of anilines is 2. The van der Waals surface area contributed by atoms with Gasteiger partial charge in [-0.15, -0.1) is 0 Å². The summed E-state index contributed by atoms with van der Waals surface area (Å²) in [6.07, 6.45) is 0. The predicted molar refractivity (Wildman–Crippen MR) is 86.8 cm³/mol. The van der Waals surface area contributed by atoms with Gasteiger partial charge in [0.1, 0.15) is 16.5 Å². The van der Waals surface area contributed by atoms with Crippen LogP contribution in [0.4, 0.5) is 15.8 Å². The smallest absolute Gasteiger partial charge is 0.283 e. The summed E-state index contributed by atoms with van der Waals surface area (Å²) in [7, 11) is 0. The minimum absolute atomic E-state index is 0.0804. The van der Waals surface area contributed by atoms with E-state index in [1.165, 1.54) is 12.1 Å². The molecule has 0 radical (unpaired) electrons. The summed E-state index contributed by atoms with van der Waals surface area (Å²) >= 11 is 11.7. The highest BCUT2D eigenvalue weighted by Crippen LogP contribution is 2.30. The van der Waals surface area contributed by atoms with E-state index in [4.69, 9.17) is 23.2 Å². The molecule has 116 valence electrons. The van der Waals surface area contributed by atoms with Crippen molar-refractivity contribution in [3.05, 3.63) is 70.1 Å². The molecular formula is C16H9Cl2FN2O2. The number of hydrogen-bond donors (Lipinski definition) is 1. The first-order chi connectivity index (χ1) is 11.0. The molecule has 23 heavy (non-hydrogen) atoms. The zero-order valence-electron chi connectivity index (χ0n) is 11.5. The molecule has 1 aliphatic rings. The van der Waals surface area contributed by atoms with E-state index in [9.17, 15) is 14.0 Å². The molecule has 0 spiro atoms. The third kappa shape index (κ3) is 2.81. The van der Waals surface area contributed by atoms with Crippen LogP contribution in [0.2, 0.25) is 5.02 Å². The second kappa shape index (κ2) is 6.02. The van der Waals surface area contributed by atoms with Crippen molar-refractivity contribution in [2.24, 2.45) is 0 Å². The fourth-order valence-electron chi connectivity index (χ4n) is 2.14. The second-order valence-electron chi connectivity index (χ2n) is 4.72. The summed E-state index contributed by atoms with van der Waals surface area (Å²) in [5, 5.41) is 2.38. The van der Waals surface area contributed by atoms with Crippen LogP contribution in [0.1, 0.15) is 0 Å². The lowest BCUT2D eigenvalue weighted by molar-refractivity contribution is -0.120. The number of nitrogens with zero attached hydrogens (tertiary/aromatic N) is 1. The lowest BCUT2D eigenvalue weighted by atomic mass is 10.3. The van der Waals surface area contributed by atoms with Gasteiger partial charge in [0.15, 0.2) is 0 Å². The quantitative estimate of drug-likeness (QED) is 0.853. The van der Waals surface area contributed by atoms with Gasteiger partial charge >= 0.3 is 0 Å². The van der Waals surface area contributed by atoms with E-state index in [2.05, 4.69) is 5.32 Å². The zero-order chi connectivity index (χ0) is 16.6. The van der Waals surface area contributed by atoms with Crippen LogP contribution in [0.15, 0.2) is 59.3 Å². The van der Waals surface area contributed by atoms with Crippen molar-refractivity contribution in [2.75, 3.05) is 10.2 Å². The maximum atomic E-state index is 13.2. The highest BCUT2D eigenvalue weighted by molar-refractivity contribution is 6.53. The minimum Gasteiger partial charge on any atom is -0.350 e. The summed E-state index contributed by atoms with van der Waals surface area (Å²) in [4.78, 5) is 25.7.